The van der Waals surface area contributed by atoms with Gasteiger partial charge in [0.25, 0.3) is 5.56 Å². The Kier molecular flexibility index (Phi) is 7.76. The number of ketones is 2. The van der Waals surface area contributed by atoms with Crippen molar-refractivity contribution in [1.82, 2.24) is 9.55 Å². The maximum atomic E-state index is 15.2. The average molecular weight is 571 g/mol. The van der Waals surface area contributed by atoms with Crippen LogP contribution in [0.25, 0.3) is 16.6 Å². The fraction of sp³-hybridized carbons (Fsp3) is 0.152. The van der Waals surface area contributed by atoms with Crippen molar-refractivity contribution in [3.05, 3.63) is 129 Å². The summed E-state index contributed by atoms with van der Waals surface area (Å²) in [7, 11) is 0. The fourth-order valence-corrected chi connectivity index (χ4v) is 4.78. The molecule has 3 aromatic carbocycles. The van der Waals surface area contributed by atoms with Gasteiger partial charge in [-0.25, -0.2) is 13.2 Å². The molecule has 42 heavy (non-hydrogen) atoms. The molecule has 0 aliphatic carbocycles. The van der Waals surface area contributed by atoms with Crippen molar-refractivity contribution in [2.45, 2.75) is 33.6 Å². The number of nitrogens with zero attached hydrogens (tertiary/aromatic N) is 2. The number of rotatable bonds is 8. The zero-order chi connectivity index (χ0) is 30.1. The first kappa shape index (κ1) is 28.5. The van der Waals surface area contributed by atoms with Gasteiger partial charge in [-0.1, -0.05) is 6.92 Å². The Labute approximate surface area is 239 Å². The second-order valence-electron chi connectivity index (χ2n) is 9.85. The summed E-state index contributed by atoms with van der Waals surface area (Å²) in [6.07, 6.45) is 1.20. The minimum Gasteiger partial charge on any atom is -0.453 e. The summed E-state index contributed by atoms with van der Waals surface area (Å²) in [6, 6.07) is 14.6. The quantitative estimate of drug-likeness (QED) is 0.184. The Balaban J connectivity index is 1.43. The number of benzene rings is 3. The summed E-state index contributed by atoms with van der Waals surface area (Å²) in [5, 5.41) is 0.513. The number of aromatic nitrogens is 2. The summed E-state index contributed by atoms with van der Waals surface area (Å²) in [6.45, 7) is 5.19. The number of hydrogen-bond donors (Lipinski definition) is 0. The molecule has 2 heterocycles. The summed E-state index contributed by atoms with van der Waals surface area (Å²) in [5.74, 6) is -3.23. The third kappa shape index (κ3) is 5.45. The smallest absolute Gasteiger partial charge is 0.266 e. The molecular formula is C33H25F3N2O4. The van der Waals surface area contributed by atoms with E-state index in [-0.39, 0.29) is 22.7 Å². The molecule has 5 aromatic rings. The molecule has 212 valence electrons. The van der Waals surface area contributed by atoms with Crippen LogP contribution in [0.15, 0.2) is 77.7 Å². The summed E-state index contributed by atoms with van der Waals surface area (Å²) < 4.78 is 50.7. The maximum Gasteiger partial charge on any atom is 0.266 e. The van der Waals surface area contributed by atoms with Gasteiger partial charge in [0.05, 0.1) is 11.1 Å². The second-order valence-corrected chi connectivity index (χ2v) is 9.85. The fourth-order valence-electron chi connectivity index (χ4n) is 4.78. The SMILES string of the molecule is CCC(=O)c1cc2nccc(Oc3cc(F)c(CC(=O)c4ccc(C)n(-c5ccc(F)cc5)c4=O)cc3F)c2cc1C. The van der Waals surface area contributed by atoms with Gasteiger partial charge in [0.2, 0.25) is 0 Å². The van der Waals surface area contributed by atoms with Crippen LogP contribution in [0.3, 0.4) is 0 Å². The molecule has 5 rings (SSSR count). The van der Waals surface area contributed by atoms with Gasteiger partial charge in [-0.2, -0.15) is 0 Å². The number of halogens is 3. The number of ether oxygens (including phenoxy) is 1. The third-order valence-corrected chi connectivity index (χ3v) is 7.00. The lowest BCUT2D eigenvalue weighted by molar-refractivity contribution is 0.0980. The van der Waals surface area contributed by atoms with Gasteiger partial charge in [-0.3, -0.25) is 23.9 Å². The maximum absolute atomic E-state index is 15.2. The molecule has 6 nitrogen and oxygen atoms in total. The molecule has 0 fully saturated rings. The monoisotopic (exact) mass is 570 g/mol. The van der Waals surface area contributed by atoms with Gasteiger partial charge in [0.15, 0.2) is 23.1 Å². The van der Waals surface area contributed by atoms with Crippen LogP contribution < -0.4 is 10.3 Å². The van der Waals surface area contributed by atoms with Crippen LogP contribution in [0.5, 0.6) is 11.5 Å². The number of aryl methyl sites for hydroxylation is 2. The lowest BCUT2D eigenvalue weighted by atomic mass is 10.00. The highest BCUT2D eigenvalue weighted by Gasteiger charge is 2.20. The number of Topliss-reactive ketones (excluding diaryl/α,β-unsaturated/α-hetero) is 2. The van der Waals surface area contributed by atoms with Gasteiger partial charge in [-0.15, -0.1) is 0 Å². The van der Waals surface area contributed by atoms with E-state index < -0.39 is 41.0 Å². The summed E-state index contributed by atoms with van der Waals surface area (Å²) >= 11 is 0. The molecule has 0 radical (unpaired) electrons. The molecule has 0 bridgehead atoms. The molecule has 9 heteroatoms. The topological polar surface area (TPSA) is 78.3 Å². The predicted molar refractivity (Wildman–Crippen MR) is 152 cm³/mol. The molecule has 0 atom stereocenters. The normalized spacial score (nSPS) is 11.1. The molecule has 0 amide bonds. The van der Waals surface area contributed by atoms with E-state index >= 15 is 8.78 Å². The molecule has 0 aliphatic rings. The highest BCUT2D eigenvalue weighted by Crippen LogP contribution is 2.33. The van der Waals surface area contributed by atoms with Crippen LogP contribution >= 0.6 is 0 Å². The molecule has 2 aromatic heterocycles. The molecular weight excluding hydrogens is 545 g/mol. The standard InChI is InChI=1S/C33H25F3N2O4/c1-4-29(39)24-16-28-25(13-18(24)2)31(11-12-37-28)42-32-17-26(35)20(14-27(32)36)15-30(40)23-10-5-19(3)38(33(23)41)22-8-6-21(34)7-9-22/h5-14,16-17H,4,15H2,1-3H3. The number of pyridine rings is 2. The van der Waals surface area contributed by atoms with E-state index in [4.69, 9.17) is 4.74 Å². The molecule has 0 saturated carbocycles. The van der Waals surface area contributed by atoms with E-state index in [1.807, 2.05) is 0 Å². The second kappa shape index (κ2) is 11.4. The first-order chi connectivity index (χ1) is 20.1. The van der Waals surface area contributed by atoms with Crippen LogP contribution in [0.4, 0.5) is 13.2 Å². The van der Waals surface area contributed by atoms with Crippen LogP contribution in [0, 0.1) is 31.3 Å². The largest absolute Gasteiger partial charge is 0.453 e. The highest BCUT2D eigenvalue weighted by molar-refractivity contribution is 6.01. The highest BCUT2D eigenvalue weighted by atomic mass is 19.1. The Bertz CT molecular complexity index is 1930. The lowest BCUT2D eigenvalue weighted by Gasteiger charge is -2.13. The first-order valence-electron chi connectivity index (χ1n) is 13.2. The molecule has 0 saturated heterocycles. The predicted octanol–water partition coefficient (Wildman–Crippen LogP) is 7.23. The zero-order valence-electron chi connectivity index (χ0n) is 23.0. The molecule has 0 unspecified atom stereocenters. The van der Waals surface area contributed by atoms with E-state index in [1.54, 1.807) is 39.0 Å². The van der Waals surface area contributed by atoms with Crippen LogP contribution in [0.2, 0.25) is 0 Å². The van der Waals surface area contributed by atoms with Crippen molar-refractivity contribution >= 4 is 22.5 Å². The number of carbonyl (C=O) groups is 2. The Morgan fingerprint density at radius 1 is 0.833 bits per heavy atom. The van der Waals surface area contributed by atoms with Crippen LogP contribution in [0.1, 0.15) is 50.9 Å². The van der Waals surface area contributed by atoms with Crippen molar-refractivity contribution < 1.29 is 27.5 Å². The third-order valence-electron chi connectivity index (χ3n) is 7.00. The van der Waals surface area contributed by atoms with Crippen molar-refractivity contribution in [2.24, 2.45) is 0 Å². The van der Waals surface area contributed by atoms with Gasteiger partial charge in [-0.05, 0) is 85.6 Å². The summed E-state index contributed by atoms with van der Waals surface area (Å²) in [4.78, 5) is 42.8. The van der Waals surface area contributed by atoms with Gasteiger partial charge >= 0.3 is 0 Å². The van der Waals surface area contributed by atoms with E-state index in [2.05, 4.69) is 4.98 Å². The molecule has 0 spiro atoms. The summed E-state index contributed by atoms with van der Waals surface area (Å²) in [5.41, 5.74) is 1.42. The Hall–Kier alpha value is -5.05. The van der Waals surface area contributed by atoms with E-state index in [0.717, 1.165) is 12.1 Å². The zero-order valence-corrected chi connectivity index (χ0v) is 23.0. The molecule has 0 N–H and O–H groups in total. The Morgan fingerprint density at radius 3 is 2.29 bits per heavy atom. The number of hydrogen-bond acceptors (Lipinski definition) is 5. The van der Waals surface area contributed by atoms with E-state index in [0.29, 0.717) is 39.8 Å². The molecule has 0 aliphatic heterocycles. The first-order valence-corrected chi connectivity index (χ1v) is 13.2. The van der Waals surface area contributed by atoms with Crippen LogP contribution in [-0.2, 0) is 6.42 Å². The van der Waals surface area contributed by atoms with Gasteiger partial charge in [0.1, 0.15) is 17.4 Å². The van der Waals surface area contributed by atoms with Gasteiger partial charge in [0, 0.05) is 47.4 Å². The van der Waals surface area contributed by atoms with Crippen molar-refractivity contribution in [3.8, 4) is 17.2 Å². The van der Waals surface area contributed by atoms with Crippen LogP contribution in [-0.4, -0.2) is 21.1 Å². The minimum atomic E-state index is -0.911. The average Bonchev–Trinajstić information content (AvgIpc) is 2.96. The van der Waals surface area contributed by atoms with E-state index in [1.165, 1.54) is 47.2 Å². The van der Waals surface area contributed by atoms with E-state index in [9.17, 15) is 18.8 Å². The Morgan fingerprint density at radius 2 is 1.57 bits per heavy atom. The van der Waals surface area contributed by atoms with Crippen molar-refractivity contribution in [1.29, 1.82) is 0 Å². The van der Waals surface area contributed by atoms with Gasteiger partial charge < -0.3 is 4.74 Å². The minimum absolute atomic E-state index is 0.0409. The van der Waals surface area contributed by atoms with Crippen molar-refractivity contribution in [3.63, 3.8) is 0 Å². The van der Waals surface area contributed by atoms with Crippen molar-refractivity contribution in [2.75, 3.05) is 0 Å². The number of carbonyl (C=O) groups excluding carboxylic acids is 2. The lowest BCUT2D eigenvalue weighted by Crippen LogP contribution is -2.27. The number of fused-ring (bicyclic) bond motifs is 1.